The topological polar surface area (TPSA) is 84.2 Å². The number of carbonyl (C=O) groups is 1. The van der Waals surface area contributed by atoms with Crippen LogP contribution in [-0.2, 0) is 6.54 Å². The first-order valence-electron chi connectivity index (χ1n) is 14.1. The van der Waals surface area contributed by atoms with Crippen molar-refractivity contribution in [1.29, 1.82) is 0 Å². The van der Waals surface area contributed by atoms with Crippen LogP contribution in [-0.4, -0.2) is 58.8 Å². The molecule has 0 bridgehead atoms. The largest absolute Gasteiger partial charge is 0.353 e. The van der Waals surface area contributed by atoms with Crippen LogP contribution in [0.1, 0.15) is 21.5 Å². The fourth-order valence-corrected chi connectivity index (χ4v) is 5.21. The number of aromatic nitrogens is 3. The van der Waals surface area contributed by atoms with Gasteiger partial charge < -0.3 is 24.7 Å². The van der Waals surface area contributed by atoms with E-state index in [1.54, 1.807) is 74.5 Å². The van der Waals surface area contributed by atoms with Gasteiger partial charge in [0.15, 0.2) is 0 Å². The van der Waals surface area contributed by atoms with E-state index in [0.29, 0.717) is 22.5 Å². The maximum Gasteiger partial charge on any atom is 0.275 e. The summed E-state index contributed by atoms with van der Waals surface area (Å²) in [6.07, 6.45) is 5.32. The van der Waals surface area contributed by atoms with Crippen LogP contribution in [0.3, 0.4) is 0 Å². The van der Waals surface area contributed by atoms with Crippen molar-refractivity contribution in [2.75, 3.05) is 33.1 Å². The summed E-state index contributed by atoms with van der Waals surface area (Å²) in [5.41, 5.74) is 5.17. The molecule has 0 saturated heterocycles. The van der Waals surface area contributed by atoms with Crippen molar-refractivity contribution in [1.82, 2.24) is 24.3 Å². The molecule has 10 heteroatoms. The van der Waals surface area contributed by atoms with Gasteiger partial charge in [0.1, 0.15) is 18.2 Å². The van der Waals surface area contributed by atoms with E-state index in [-0.39, 0.29) is 29.5 Å². The van der Waals surface area contributed by atoms with Crippen molar-refractivity contribution in [2.45, 2.75) is 19.5 Å². The highest BCUT2D eigenvalue weighted by Gasteiger charge is 2.17. The molecule has 0 unspecified atom stereocenters. The van der Waals surface area contributed by atoms with Gasteiger partial charge in [-0.25, -0.2) is 8.78 Å². The highest BCUT2D eigenvalue weighted by molar-refractivity contribution is 5.95. The van der Waals surface area contributed by atoms with E-state index in [4.69, 9.17) is 0 Å². The Labute approximate surface area is 254 Å². The van der Waals surface area contributed by atoms with Gasteiger partial charge >= 0.3 is 0 Å². The van der Waals surface area contributed by atoms with Gasteiger partial charge in [-0.15, -0.1) is 0 Å². The van der Waals surface area contributed by atoms with Gasteiger partial charge in [0.05, 0.1) is 35.7 Å². The smallest absolute Gasteiger partial charge is 0.275 e. The lowest BCUT2D eigenvalue weighted by molar-refractivity contribution is 0.0827. The summed E-state index contributed by atoms with van der Waals surface area (Å²) in [4.78, 5) is 32.7. The van der Waals surface area contributed by atoms with Crippen LogP contribution in [0.4, 0.5) is 14.5 Å². The van der Waals surface area contributed by atoms with E-state index >= 15 is 0 Å². The number of rotatable bonds is 10. The van der Waals surface area contributed by atoms with E-state index in [0.717, 1.165) is 27.7 Å². The summed E-state index contributed by atoms with van der Waals surface area (Å²) in [7, 11) is 4.98. The van der Waals surface area contributed by atoms with Gasteiger partial charge in [-0.2, -0.15) is 0 Å². The second-order valence-electron chi connectivity index (χ2n) is 10.8. The zero-order valence-electron chi connectivity index (χ0n) is 25.1. The molecule has 0 fully saturated rings. The zero-order valence-corrected chi connectivity index (χ0v) is 25.1. The summed E-state index contributed by atoms with van der Waals surface area (Å²) in [5.74, 6) is -0.470. The number of halogens is 2. The zero-order chi connectivity index (χ0) is 31.5. The molecule has 0 spiro atoms. The molecule has 1 amide bonds. The molecule has 5 rings (SSSR count). The van der Waals surface area contributed by atoms with Crippen molar-refractivity contribution in [2.24, 2.45) is 0 Å². The van der Waals surface area contributed by atoms with Crippen molar-refractivity contribution in [3.63, 3.8) is 0 Å². The number of amides is 1. The molecular weight excluding hydrogens is 562 g/mol. The number of nitrogens with zero attached hydrogens (tertiary/aromatic N) is 4. The lowest BCUT2D eigenvalue weighted by Gasteiger charge is -2.20. The van der Waals surface area contributed by atoms with Crippen molar-refractivity contribution >= 4 is 22.5 Å². The summed E-state index contributed by atoms with van der Waals surface area (Å²) >= 11 is 0. The van der Waals surface area contributed by atoms with Crippen LogP contribution >= 0.6 is 0 Å². The third-order valence-electron chi connectivity index (χ3n) is 7.57. The van der Waals surface area contributed by atoms with Crippen LogP contribution in [0.15, 0.2) is 96.3 Å². The number of likely N-dealkylation sites (N-methyl/N-ethyl adjacent to an activating group) is 1. The fraction of sp³-hybridized carbons (Fsp3) is 0.206. The molecule has 0 radical (unpaired) electrons. The molecule has 0 aliphatic rings. The van der Waals surface area contributed by atoms with Crippen molar-refractivity contribution in [3.8, 4) is 16.9 Å². The van der Waals surface area contributed by atoms with Gasteiger partial charge in [0.2, 0.25) is 0 Å². The average Bonchev–Trinajstić information content (AvgIpc) is 3.34. The first-order chi connectivity index (χ1) is 21.1. The third-order valence-corrected chi connectivity index (χ3v) is 7.57. The van der Waals surface area contributed by atoms with E-state index in [9.17, 15) is 18.4 Å². The van der Waals surface area contributed by atoms with E-state index in [1.165, 1.54) is 17.0 Å². The monoisotopic (exact) mass is 596 g/mol. The van der Waals surface area contributed by atoms with Crippen molar-refractivity contribution in [3.05, 3.63) is 124 Å². The van der Waals surface area contributed by atoms with Crippen LogP contribution in [0.2, 0.25) is 0 Å². The average molecular weight is 597 g/mol. The Balaban J connectivity index is 1.60. The summed E-state index contributed by atoms with van der Waals surface area (Å²) in [5, 5.41) is 6.62. The van der Waals surface area contributed by atoms with Gasteiger partial charge in [0, 0.05) is 43.1 Å². The molecule has 8 nitrogen and oxygen atoms in total. The quantitative estimate of drug-likeness (QED) is 0.221. The minimum Gasteiger partial charge on any atom is -0.353 e. The Bertz CT molecular complexity index is 1920. The van der Waals surface area contributed by atoms with Crippen LogP contribution < -0.4 is 16.2 Å². The molecule has 0 aliphatic heterocycles. The van der Waals surface area contributed by atoms with Crippen LogP contribution in [0.25, 0.3) is 27.8 Å². The Morgan fingerprint density at radius 2 is 1.89 bits per heavy atom. The fourth-order valence-electron chi connectivity index (χ4n) is 5.21. The van der Waals surface area contributed by atoms with E-state index in [1.807, 2.05) is 29.8 Å². The molecular formula is C34H34F2N6O2. The number of benzene rings is 2. The molecule has 226 valence electrons. The lowest BCUT2D eigenvalue weighted by atomic mass is 10.1. The maximum absolute atomic E-state index is 14.0. The van der Waals surface area contributed by atoms with Gasteiger partial charge in [-0.3, -0.25) is 14.6 Å². The molecule has 3 heterocycles. The second-order valence-corrected chi connectivity index (χ2v) is 10.8. The number of fused-ring (bicyclic) bond motifs is 1. The minimum absolute atomic E-state index is 0.147. The Morgan fingerprint density at radius 1 is 1.09 bits per heavy atom. The highest BCUT2D eigenvalue weighted by Crippen LogP contribution is 2.27. The molecule has 5 aromatic rings. The molecule has 0 aliphatic carbocycles. The Morgan fingerprint density at radius 3 is 2.61 bits per heavy atom. The number of anilines is 1. The standard InChI is InChI=1S/C34H34F2N6O2/c1-21-19-41(32-11-9-26(36)15-28(21)32)27-13-23(17-38-18-27)20-42-31(24-7-6-8-25(14-24)33(43)40(4)5)12-10-29(34(42)44)39-22(2)30(16-35)37-3/h6-15,17-19,30,37,39H,2,16,20H2,1,3-5H3/t30-/m0/s1. The Kier molecular flexibility index (Phi) is 8.73. The van der Waals surface area contributed by atoms with E-state index in [2.05, 4.69) is 22.2 Å². The van der Waals surface area contributed by atoms with Gasteiger partial charge in [0.25, 0.3) is 11.5 Å². The van der Waals surface area contributed by atoms with Crippen molar-refractivity contribution < 1.29 is 13.6 Å². The number of hydrogen-bond donors (Lipinski definition) is 2. The number of nitrogens with one attached hydrogen (secondary N) is 2. The maximum atomic E-state index is 14.0. The minimum atomic E-state index is -0.694. The highest BCUT2D eigenvalue weighted by atomic mass is 19.1. The predicted octanol–water partition coefficient (Wildman–Crippen LogP) is 5.53. The van der Waals surface area contributed by atoms with Crippen LogP contribution in [0, 0.1) is 12.7 Å². The summed E-state index contributed by atoms with van der Waals surface area (Å²) < 4.78 is 31.0. The van der Waals surface area contributed by atoms with Gasteiger partial charge in [-0.05, 0) is 79.2 Å². The summed E-state index contributed by atoms with van der Waals surface area (Å²) in [6, 6.07) is 16.4. The molecule has 2 N–H and O–H groups in total. The number of pyridine rings is 2. The normalized spacial score (nSPS) is 11.9. The SMILES string of the molecule is C=C(Nc1ccc(-c2cccc(C(=O)N(C)C)c2)n(Cc2cncc(-n3cc(C)c4cc(F)ccc43)c2)c1=O)[C@H](CF)NC. The van der Waals surface area contributed by atoms with E-state index < -0.39 is 12.7 Å². The Hall–Kier alpha value is -5.09. The first-order valence-corrected chi connectivity index (χ1v) is 14.1. The molecule has 1 atom stereocenters. The number of carbonyl (C=O) groups excluding carboxylic acids is 1. The molecule has 2 aromatic carbocycles. The molecule has 0 saturated carbocycles. The first kappa shape index (κ1) is 30.4. The number of alkyl halides is 1. The summed E-state index contributed by atoms with van der Waals surface area (Å²) in [6.45, 7) is 5.29. The van der Waals surface area contributed by atoms with Gasteiger partial charge in [-0.1, -0.05) is 18.7 Å². The number of aryl methyl sites for hydroxylation is 1. The lowest BCUT2D eigenvalue weighted by Crippen LogP contribution is -2.34. The van der Waals surface area contributed by atoms with Crippen LogP contribution in [0.5, 0.6) is 0 Å². The predicted molar refractivity (Wildman–Crippen MR) is 171 cm³/mol. The number of hydrogen-bond acceptors (Lipinski definition) is 5. The molecule has 44 heavy (non-hydrogen) atoms. The third kappa shape index (κ3) is 6.02. The molecule has 3 aromatic heterocycles. The second kappa shape index (κ2) is 12.6.